The zero-order valence-electron chi connectivity index (χ0n) is 9.25. The van der Waals surface area contributed by atoms with E-state index >= 15 is 0 Å². The normalized spacial score (nSPS) is 10.6. The van der Waals surface area contributed by atoms with Crippen molar-refractivity contribution in [1.82, 2.24) is 9.97 Å². The highest BCUT2D eigenvalue weighted by atomic mass is 16.5. The van der Waals surface area contributed by atoms with E-state index in [0.29, 0.717) is 17.1 Å². The maximum atomic E-state index is 5.64. The van der Waals surface area contributed by atoms with Gasteiger partial charge in [0.2, 0.25) is 5.89 Å². The number of oxazole rings is 1. The molecule has 3 rings (SSSR count). The van der Waals surface area contributed by atoms with Crippen molar-refractivity contribution in [2.24, 2.45) is 0 Å². The van der Waals surface area contributed by atoms with Gasteiger partial charge in [-0.3, -0.25) is 0 Å². The molecular formula is C13H10N2O2. The van der Waals surface area contributed by atoms with Gasteiger partial charge in [-0.1, -0.05) is 12.1 Å². The largest absolute Gasteiger partial charge is 0.496 e. The highest BCUT2D eigenvalue weighted by molar-refractivity contribution is 5.73. The number of fused-ring (bicyclic) bond motifs is 1. The molecule has 0 aliphatic heterocycles. The molecule has 0 saturated heterocycles. The minimum atomic E-state index is 0.524. The van der Waals surface area contributed by atoms with Gasteiger partial charge in [0.25, 0.3) is 0 Å². The molecule has 0 aliphatic rings. The number of methoxy groups -OCH3 is 1. The Balaban J connectivity index is 2.20. The van der Waals surface area contributed by atoms with E-state index in [-0.39, 0.29) is 0 Å². The molecule has 0 N–H and O–H groups in total. The quantitative estimate of drug-likeness (QED) is 0.674. The number of benzene rings is 1. The molecule has 0 amide bonds. The summed E-state index contributed by atoms with van der Waals surface area (Å²) in [5.74, 6) is 1.26. The van der Waals surface area contributed by atoms with Crippen molar-refractivity contribution >= 4 is 11.2 Å². The van der Waals surface area contributed by atoms with E-state index < -0.39 is 0 Å². The summed E-state index contributed by atoms with van der Waals surface area (Å²) >= 11 is 0. The zero-order chi connectivity index (χ0) is 11.7. The first-order chi connectivity index (χ1) is 8.38. The fourth-order valence-electron chi connectivity index (χ4n) is 1.71. The van der Waals surface area contributed by atoms with E-state index in [0.717, 1.165) is 11.3 Å². The molecule has 17 heavy (non-hydrogen) atoms. The summed E-state index contributed by atoms with van der Waals surface area (Å²) in [6, 6.07) is 11.3. The Bertz CT molecular complexity index is 628. The second kappa shape index (κ2) is 3.90. The van der Waals surface area contributed by atoms with Gasteiger partial charge >= 0.3 is 0 Å². The van der Waals surface area contributed by atoms with E-state index in [1.807, 2.05) is 36.4 Å². The van der Waals surface area contributed by atoms with Gasteiger partial charge in [0.15, 0.2) is 11.2 Å². The van der Waals surface area contributed by atoms with Crippen molar-refractivity contribution in [2.75, 3.05) is 7.11 Å². The second-order valence-electron chi connectivity index (χ2n) is 3.54. The van der Waals surface area contributed by atoms with Crippen LogP contribution in [0.2, 0.25) is 0 Å². The van der Waals surface area contributed by atoms with Crippen LogP contribution in [0.25, 0.3) is 22.7 Å². The number of pyridine rings is 1. The first kappa shape index (κ1) is 9.84. The van der Waals surface area contributed by atoms with Crippen LogP contribution in [0, 0.1) is 0 Å². The standard InChI is InChI=1S/C13H10N2O2/c1-16-10-6-3-2-5-9(10)13-15-12-11(17-13)7-4-8-14-12/h2-8H,1H3. The number of aromatic nitrogens is 2. The van der Waals surface area contributed by atoms with Crippen molar-refractivity contribution in [3.63, 3.8) is 0 Å². The van der Waals surface area contributed by atoms with Gasteiger partial charge in [0.1, 0.15) is 5.75 Å². The molecule has 0 aliphatic carbocycles. The van der Waals surface area contributed by atoms with Crippen LogP contribution in [0.3, 0.4) is 0 Å². The first-order valence-corrected chi connectivity index (χ1v) is 5.23. The minimum Gasteiger partial charge on any atom is -0.496 e. The van der Waals surface area contributed by atoms with Crippen molar-refractivity contribution < 1.29 is 9.15 Å². The number of para-hydroxylation sites is 1. The first-order valence-electron chi connectivity index (χ1n) is 5.23. The van der Waals surface area contributed by atoms with Gasteiger partial charge < -0.3 is 9.15 Å². The van der Waals surface area contributed by atoms with Crippen molar-refractivity contribution in [1.29, 1.82) is 0 Å². The van der Waals surface area contributed by atoms with Gasteiger partial charge in [-0.2, -0.15) is 4.98 Å². The maximum Gasteiger partial charge on any atom is 0.232 e. The van der Waals surface area contributed by atoms with Crippen LogP contribution in [0.5, 0.6) is 5.75 Å². The molecule has 0 unspecified atom stereocenters. The number of ether oxygens (including phenoxy) is 1. The third-order valence-corrected chi connectivity index (χ3v) is 2.50. The summed E-state index contributed by atoms with van der Waals surface area (Å²) in [7, 11) is 1.62. The number of nitrogens with zero attached hydrogens (tertiary/aromatic N) is 2. The molecule has 3 aromatic rings. The van der Waals surface area contributed by atoms with Crippen LogP contribution in [0.1, 0.15) is 0 Å². The lowest BCUT2D eigenvalue weighted by atomic mass is 10.2. The second-order valence-corrected chi connectivity index (χ2v) is 3.54. The molecule has 4 nitrogen and oxygen atoms in total. The molecule has 2 aromatic heterocycles. The zero-order valence-corrected chi connectivity index (χ0v) is 9.25. The van der Waals surface area contributed by atoms with E-state index in [4.69, 9.17) is 9.15 Å². The van der Waals surface area contributed by atoms with Crippen LogP contribution in [0.15, 0.2) is 47.0 Å². The van der Waals surface area contributed by atoms with E-state index in [2.05, 4.69) is 9.97 Å². The minimum absolute atomic E-state index is 0.524. The summed E-state index contributed by atoms with van der Waals surface area (Å²) in [6.07, 6.45) is 1.69. The van der Waals surface area contributed by atoms with Gasteiger partial charge in [0.05, 0.1) is 12.7 Å². The number of hydrogen-bond acceptors (Lipinski definition) is 4. The van der Waals surface area contributed by atoms with Crippen LogP contribution < -0.4 is 4.74 Å². The predicted molar refractivity (Wildman–Crippen MR) is 63.8 cm³/mol. The van der Waals surface area contributed by atoms with Gasteiger partial charge in [-0.25, -0.2) is 4.98 Å². The average Bonchev–Trinajstić information content (AvgIpc) is 2.82. The topological polar surface area (TPSA) is 48.2 Å². The molecule has 84 valence electrons. The fraction of sp³-hybridized carbons (Fsp3) is 0.0769. The van der Waals surface area contributed by atoms with Crippen molar-refractivity contribution in [3.05, 3.63) is 42.6 Å². The lowest BCUT2D eigenvalue weighted by Crippen LogP contribution is -1.87. The van der Waals surface area contributed by atoms with Crippen LogP contribution in [-0.4, -0.2) is 17.1 Å². The molecular weight excluding hydrogens is 216 g/mol. The summed E-state index contributed by atoms with van der Waals surface area (Å²) in [5, 5.41) is 0. The van der Waals surface area contributed by atoms with Crippen molar-refractivity contribution in [2.45, 2.75) is 0 Å². The third kappa shape index (κ3) is 1.63. The molecule has 0 bridgehead atoms. The van der Waals surface area contributed by atoms with Gasteiger partial charge in [0, 0.05) is 6.20 Å². The molecule has 0 fully saturated rings. The van der Waals surface area contributed by atoms with E-state index in [1.165, 1.54) is 0 Å². The smallest absolute Gasteiger partial charge is 0.232 e. The Morgan fingerprint density at radius 3 is 2.82 bits per heavy atom. The van der Waals surface area contributed by atoms with Crippen LogP contribution in [0.4, 0.5) is 0 Å². The highest BCUT2D eigenvalue weighted by Gasteiger charge is 2.12. The third-order valence-electron chi connectivity index (χ3n) is 2.50. The Labute approximate surface area is 97.9 Å². The SMILES string of the molecule is COc1ccccc1-c1nc2ncccc2o1. The van der Waals surface area contributed by atoms with Gasteiger partial charge in [-0.05, 0) is 24.3 Å². The summed E-state index contributed by atoms with van der Waals surface area (Å²) in [4.78, 5) is 8.47. The monoisotopic (exact) mass is 226 g/mol. The Kier molecular flexibility index (Phi) is 2.26. The average molecular weight is 226 g/mol. The summed E-state index contributed by atoms with van der Waals surface area (Å²) < 4.78 is 10.9. The highest BCUT2D eigenvalue weighted by Crippen LogP contribution is 2.30. The molecule has 4 heteroatoms. The van der Waals surface area contributed by atoms with Crippen LogP contribution >= 0.6 is 0 Å². The summed E-state index contributed by atoms with van der Waals surface area (Å²) in [6.45, 7) is 0. The lowest BCUT2D eigenvalue weighted by molar-refractivity contribution is 0.414. The van der Waals surface area contributed by atoms with Gasteiger partial charge in [-0.15, -0.1) is 0 Å². The lowest BCUT2D eigenvalue weighted by Gasteiger charge is -2.03. The fourth-order valence-corrected chi connectivity index (χ4v) is 1.71. The van der Waals surface area contributed by atoms with Crippen molar-refractivity contribution in [3.8, 4) is 17.2 Å². The van der Waals surface area contributed by atoms with E-state index in [1.54, 1.807) is 13.3 Å². The van der Waals surface area contributed by atoms with Crippen LogP contribution in [-0.2, 0) is 0 Å². The molecule has 1 aromatic carbocycles. The number of rotatable bonds is 2. The molecule has 0 atom stereocenters. The Hall–Kier alpha value is -2.36. The molecule has 0 spiro atoms. The summed E-state index contributed by atoms with van der Waals surface area (Å²) in [5.41, 5.74) is 2.11. The molecule has 2 heterocycles. The molecule has 0 radical (unpaired) electrons. The Morgan fingerprint density at radius 2 is 2.00 bits per heavy atom. The molecule has 0 saturated carbocycles. The maximum absolute atomic E-state index is 5.64. The Morgan fingerprint density at radius 1 is 1.12 bits per heavy atom. The number of hydrogen-bond donors (Lipinski definition) is 0. The van der Waals surface area contributed by atoms with E-state index in [9.17, 15) is 0 Å². The predicted octanol–water partition coefficient (Wildman–Crippen LogP) is 2.90.